The van der Waals surface area contributed by atoms with Crippen LogP contribution in [0.1, 0.15) is 101 Å². The molecule has 0 N–H and O–H groups in total. The Bertz CT molecular complexity index is 882. The van der Waals surface area contributed by atoms with Crippen molar-refractivity contribution in [1.82, 2.24) is 0 Å². The van der Waals surface area contributed by atoms with E-state index in [9.17, 15) is 0 Å². The Morgan fingerprint density at radius 1 is 0.897 bits per heavy atom. The second-order valence-corrected chi connectivity index (χ2v) is 23.2. The zero-order chi connectivity index (χ0) is 29.9. The van der Waals surface area contributed by atoms with Crippen molar-refractivity contribution in [2.24, 2.45) is 5.92 Å². The SMILES string of the molecule is C=C(/C=C(\C)[C@@](C)(C/C=C/c1ccccc1)O[Si](CC)(CC)CC)C[C@@H](C)CO[Si](C(C)C)(C(C)C)C(C)C. The van der Waals surface area contributed by atoms with Crippen molar-refractivity contribution in [3.05, 3.63) is 65.8 Å². The third-order valence-corrected chi connectivity index (χ3v) is 20.0. The number of hydrogen-bond acceptors (Lipinski definition) is 2. The lowest BCUT2D eigenvalue weighted by atomic mass is 9.90. The first-order valence-corrected chi connectivity index (χ1v) is 20.3. The lowest BCUT2D eigenvalue weighted by Gasteiger charge is -2.43. The highest BCUT2D eigenvalue weighted by Crippen LogP contribution is 2.42. The average molecular weight is 571 g/mol. The second-order valence-electron chi connectivity index (χ2n) is 13.0. The highest BCUT2D eigenvalue weighted by Gasteiger charge is 2.45. The molecule has 0 bridgehead atoms. The van der Waals surface area contributed by atoms with E-state index in [4.69, 9.17) is 8.85 Å². The summed E-state index contributed by atoms with van der Waals surface area (Å²) in [4.78, 5) is 0. The molecule has 1 rings (SSSR count). The van der Waals surface area contributed by atoms with Gasteiger partial charge < -0.3 is 8.85 Å². The van der Waals surface area contributed by atoms with Crippen molar-refractivity contribution in [2.45, 2.75) is 136 Å². The van der Waals surface area contributed by atoms with Crippen molar-refractivity contribution in [3.8, 4) is 0 Å². The van der Waals surface area contributed by atoms with Crippen LogP contribution in [0.5, 0.6) is 0 Å². The van der Waals surface area contributed by atoms with E-state index >= 15 is 0 Å². The molecule has 2 atom stereocenters. The minimum Gasteiger partial charge on any atom is -0.416 e. The van der Waals surface area contributed by atoms with Crippen LogP contribution in [-0.4, -0.2) is 28.8 Å². The van der Waals surface area contributed by atoms with Gasteiger partial charge in [-0.1, -0.05) is 130 Å². The van der Waals surface area contributed by atoms with Gasteiger partial charge in [-0.3, -0.25) is 0 Å². The third-order valence-electron chi connectivity index (χ3n) is 9.18. The van der Waals surface area contributed by atoms with Crippen molar-refractivity contribution in [1.29, 1.82) is 0 Å². The predicted molar refractivity (Wildman–Crippen MR) is 180 cm³/mol. The molecule has 39 heavy (non-hydrogen) atoms. The smallest absolute Gasteiger partial charge is 0.200 e. The molecule has 1 aromatic rings. The lowest BCUT2D eigenvalue weighted by Crippen LogP contribution is -2.48. The van der Waals surface area contributed by atoms with Gasteiger partial charge in [-0.15, -0.1) is 0 Å². The molecule has 0 heterocycles. The van der Waals surface area contributed by atoms with Gasteiger partial charge in [-0.25, -0.2) is 0 Å². The van der Waals surface area contributed by atoms with Gasteiger partial charge in [0.15, 0.2) is 16.6 Å². The van der Waals surface area contributed by atoms with Crippen LogP contribution >= 0.6 is 0 Å². The predicted octanol–water partition coefficient (Wildman–Crippen LogP) is 11.6. The molecule has 222 valence electrons. The van der Waals surface area contributed by atoms with Crippen LogP contribution in [0.4, 0.5) is 0 Å². The third kappa shape index (κ3) is 9.98. The maximum absolute atomic E-state index is 7.21. The molecule has 0 fully saturated rings. The quantitative estimate of drug-likeness (QED) is 0.129. The molecule has 0 radical (unpaired) electrons. The van der Waals surface area contributed by atoms with Gasteiger partial charge in [-0.2, -0.15) is 0 Å². The Kier molecular flexibility index (Phi) is 15.0. The van der Waals surface area contributed by atoms with Crippen LogP contribution in [0.15, 0.2) is 60.2 Å². The van der Waals surface area contributed by atoms with Crippen LogP contribution in [-0.2, 0) is 8.85 Å². The number of rotatable bonds is 18. The normalized spacial score (nSPS) is 15.9. The van der Waals surface area contributed by atoms with E-state index in [1.165, 1.54) is 16.7 Å². The van der Waals surface area contributed by atoms with Gasteiger partial charge in [0, 0.05) is 6.61 Å². The molecule has 0 aliphatic carbocycles. The largest absolute Gasteiger partial charge is 0.416 e. The summed E-state index contributed by atoms with van der Waals surface area (Å²) >= 11 is 0. The van der Waals surface area contributed by atoms with Gasteiger partial charge in [0.2, 0.25) is 0 Å². The lowest BCUT2D eigenvalue weighted by molar-refractivity contribution is 0.116. The summed E-state index contributed by atoms with van der Waals surface area (Å²) in [6.45, 7) is 33.3. The molecule has 0 saturated heterocycles. The monoisotopic (exact) mass is 570 g/mol. The zero-order valence-electron chi connectivity index (χ0n) is 27.7. The summed E-state index contributed by atoms with van der Waals surface area (Å²) in [5, 5.41) is 0. The number of hydrogen-bond donors (Lipinski definition) is 0. The highest BCUT2D eigenvalue weighted by molar-refractivity contribution is 6.77. The fourth-order valence-corrected chi connectivity index (χ4v) is 15.2. The highest BCUT2D eigenvalue weighted by atomic mass is 28.4. The van der Waals surface area contributed by atoms with Crippen LogP contribution in [0.2, 0.25) is 34.8 Å². The fraction of sp³-hybridized carbons (Fsp3) is 0.657. The molecule has 0 saturated carbocycles. The van der Waals surface area contributed by atoms with Crippen molar-refractivity contribution in [2.75, 3.05) is 6.61 Å². The van der Waals surface area contributed by atoms with Crippen LogP contribution in [0, 0.1) is 5.92 Å². The zero-order valence-corrected chi connectivity index (χ0v) is 29.7. The summed E-state index contributed by atoms with van der Waals surface area (Å²) in [6.07, 6.45) is 8.63. The molecule has 0 unspecified atom stereocenters. The van der Waals surface area contributed by atoms with Gasteiger partial charge in [0.25, 0.3) is 0 Å². The Balaban J connectivity index is 3.11. The summed E-state index contributed by atoms with van der Waals surface area (Å²) in [5.74, 6) is 0.435. The van der Waals surface area contributed by atoms with E-state index in [1.807, 2.05) is 0 Å². The molecule has 0 aliphatic heterocycles. The van der Waals surface area contributed by atoms with Crippen molar-refractivity contribution < 1.29 is 8.85 Å². The summed E-state index contributed by atoms with van der Waals surface area (Å²) in [5.41, 5.74) is 5.17. The van der Waals surface area contributed by atoms with E-state index < -0.39 is 16.6 Å². The van der Waals surface area contributed by atoms with Crippen LogP contribution < -0.4 is 0 Å². The Labute approximate surface area is 245 Å². The number of allylic oxidation sites excluding steroid dienone is 2. The van der Waals surface area contributed by atoms with Crippen LogP contribution in [0.25, 0.3) is 6.08 Å². The van der Waals surface area contributed by atoms with Crippen molar-refractivity contribution in [3.63, 3.8) is 0 Å². The topological polar surface area (TPSA) is 18.5 Å². The van der Waals surface area contributed by atoms with Gasteiger partial charge in [0.05, 0.1) is 5.60 Å². The van der Waals surface area contributed by atoms with E-state index in [-0.39, 0.29) is 5.60 Å². The first-order chi connectivity index (χ1) is 18.2. The van der Waals surface area contributed by atoms with Crippen molar-refractivity contribution >= 4 is 22.7 Å². The molecule has 0 amide bonds. The van der Waals surface area contributed by atoms with E-state index in [2.05, 4.69) is 138 Å². The molecule has 2 nitrogen and oxygen atoms in total. The fourth-order valence-electron chi connectivity index (χ4n) is 6.52. The minimum atomic E-state index is -1.85. The van der Waals surface area contributed by atoms with Gasteiger partial charge in [-0.05, 0) is 78.5 Å². The summed E-state index contributed by atoms with van der Waals surface area (Å²) < 4.78 is 14.1. The standard InChI is InChI=1S/C35H62O2Si2/c1-14-38(15-2,16-3)37-35(13,24-20-23-34-21-18-17-19-22-34)33(12)26-31(10)25-32(11)27-36-39(28(4)5,29(6)7)30(8)9/h17-23,26,28-30,32H,10,14-16,24-25,27H2,1-9,11-13H3/b23-20+,33-26+/t32-,35-/m1/s1. The maximum atomic E-state index is 7.21. The average Bonchev–Trinajstić information content (AvgIpc) is 2.87. The molecular weight excluding hydrogens is 509 g/mol. The maximum Gasteiger partial charge on any atom is 0.200 e. The Morgan fingerprint density at radius 2 is 1.41 bits per heavy atom. The summed E-state index contributed by atoms with van der Waals surface area (Å²) in [6, 6.07) is 14.0. The van der Waals surface area contributed by atoms with Crippen LogP contribution in [0.3, 0.4) is 0 Å². The Morgan fingerprint density at radius 3 is 1.87 bits per heavy atom. The number of benzene rings is 1. The van der Waals surface area contributed by atoms with E-state index in [1.54, 1.807) is 0 Å². The van der Waals surface area contributed by atoms with Gasteiger partial charge >= 0.3 is 0 Å². The molecule has 0 aliphatic rings. The minimum absolute atomic E-state index is 0.336. The molecular formula is C35H62O2Si2. The second kappa shape index (κ2) is 16.3. The van der Waals surface area contributed by atoms with Gasteiger partial charge in [0.1, 0.15) is 0 Å². The Hall–Kier alpha value is -1.21. The molecule has 0 spiro atoms. The molecule has 0 aromatic heterocycles. The molecule has 4 heteroatoms. The first-order valence-electron chi connectivity index (χ1n) is 15.6. The summed E-state index contributed by atoms with van der Waals surface area (Å²) in [7, 11) is -3.67. The van der Waals surface area contributed by atoms with E-state index in [0.29, 0.717) is 22.5 Å². The first kappa shape index (κ1) is 35.8. The molecule has 1 aromatic carbocycles. The van der Waals surface area contributed by atoms with E-state index in [0.717, 1.165) is 37.6 Å².